The predicted octanol–water partition coefficient (Wildman–Crippen LogP) is 2.32. The molecule has 0 unspecified atom stereocenters. The second kappa shape index (κ2) is 7.25. The number of carbonyl (C=O) groups is 2. The van der Waals surface area contributed by atoms with E-state index in [0.717, 1.165) is 5.56 Å². The summed E-state index contributed by atoms with van der Waals surface area (Å²) in [6.45, 7) is 0.593. The van der Waals surface area contributed by atoms with Gasteiger partial charge in [0.2, 0.25) is 5.91 Å². The fourth-order valence-electron chi connectivity index (χ4n) is 2.91. The van der Waals surface area contributed by atoms with Crippen molar-refractivity contribution in [1.29, 1.82) is 0 Å². The van der Waals surface area contributed by atoms with Crippen LogP contribution in [0.25, 0.3) is 6.08 Å². The second-order valence-corrected chi connectivity index (χ2v) is 6.15. The predicted molar refractivity (Wildman–Crippen MR) is 102 cm³/mol. The van der Waals surface area contributed by atoms with Crippen LogP contribution < -0.4 is 10.2 Å². The molecule has 0 saturated carbocycles. The van der Waals surface area contributed by atoms with Gasteiger partial charge in [-0.1, -0.05) is 47.7 Å². The molecule has 2 heterocycles. The van der Waals surface area contributed by atoms with E-state index in [9.17, 15) is 9.59 Å². The quantitative estimate of drug-likeness (QED) is 0.725. The van der Waals surface area contributed by atoms with Gasteiger partial charge >= 0.3 is 0 Å². The average molecular weight is 359 g/mol. The largest absolute Gasteiger partial charge is 0.323 e. The number of fused-ring (bicyclic) bond motifs is 1. The maximum atomic E-state index is 12.6. The Hall–Kier alpha value is -3.74. The summed E-state index contributed by atoms with van der Waals surface area (Å²) in [5.74, 6) is -0.501. The Labute approximate surface area is 155 Å². The molecule has 1 aliphatic heterocycles. The van der Waals surface area contributed by atoms with Gasteiger partial charge in [0, 0.05) is 6.08 Å². The molecule has 4 rings (SSSR count). The summed E-state index contributed by atoms with van der Waals surface area (Å²) in [6.07, 6.45) is 4.78. The zero-order valence-electron chi connectivity index (χ0n) is 14.4. The van der Waals surface area contributed by atoms with Gasteiger partial charge in [0.1, 0.15) is 12.2 Å². The third-order valence-electron chi connectivity index (χ3n) is 4.18. The molecule has 0 fully saturated rings. The van der Waals surface area contributed by atoms with Crippen LogP contribution in [0.1, 0.15) is 11.3 Å². The molecule has 2 amide bonds. The Balaban J connectivity index is 1.47. The molecule has 0 atom stereocenters. The Bertz CT molecular complexity index is 1010. The molecule has 1 N–H and O–H groups in total. The van der Waals surface area contributed by atoms with Crippen LogP contribution in [-0.2, 0) is 16.1 Å². The maximum absolute atomic E-state index is 12.6. The number of hydrogen-bond donors (Lipinski definition) is 1. The summed E-state index contributed by atoms with van der Waals surface area (Å²) in [7, 11) is 0. The first-order valence-corrected chi connectivity index (χ1v) is 8.51. The Kier molecular flexibility index (Phi) is 4.49. The van der Waals surface area contributed by atoms with Crippen molar-refractivity contribution in [2.75, 3.05) is 16.8 Å². The molecule has 2 aromatic carbocycles. The molecule has 134 valence electrons. The number of nitrogens with one attached hydrogen (secondary N) is 1. The van der Waals surface area contributed by atoms with E-state index in [4.69, 9.17) is 0 Å². The summed E-state index contributed by atoms with van der Waals surface area (Å²) >= 11 is 0. The molecular formula is C20H17N5O2. The van der Waals surface area contributed by atoms with E-state index in [-0.39, 0.29) is 18.4 Å². The first-order chi connectivity index (χ1) is 13.2. The number of amides is 2. The lowest BCUT2D eigenvalue weighted by molar-refractivity contribution is -0.119. The monoisotopic (exact) mass is 359 g/mol. The van der Waals surface area contributed by atoms with E-state index in [1.807, 2.05) is 42.5 Å². The van der Waals surface area contributed by atoms with Crippen LogP contribution in [0.15, 0.2) is 66.9 Å². The first-order valence-electron chi connectivity index (χ1n) is 8.51. The zero-order valence-corrected chi connectivity index (χ0v) is 14.4. The molecule has 7 heteroatoms. The molecule has 0 radical (unpaired) electrons. The molecule has 3 aromatic rings. The highest BCUT2D eigenvalue weighted by atomic mass is 16.2. The smallest absolute Gasteiger partial charge is 0.251 e. The third-order valence-corrected chi connectivity index (χ3v) is 4.18. The average Bonchev–Trinajstić information content (AvgIpc) is 3.13. The fraction of sp³-hybridized carbons (Fsp3) is 0.100. The highest BCUT2D eigenvalue weighted by Crippen LogP contribution is 2.29. The molecule has 27 heavy (non-hydrogen) atoms. The first kappa shape index (κ1) is 16.7. The van der Waals surface area contributed by atoms with Crippen molar-refractivity contribution < 1.29 is 9.59 Å². The van der Waals surface area contributed by atoms with Gasteiger partial charge in [-0.2, -0.15) is 0 Å². The van der Waals surface area contributed by atoms with E-state index >= 15 is 0 Å². The minimum atomic E-state index is -0.282. The minimum Gasteiger partial charge on any atom is -0.323 e. The summed E-state index contributed by atoms with van der Waals surface area (Å²) in [5.41, 5.74) is 3.00. The van der Waals surface area contributed by atoms with Crippen molar-refractivity contribution >= 4 is 29.3 Å². The summed E-state index contributed by atoms with van der Waals surface area (Å²) in [5, 5.41) is 10.9. The third kappa shape index (κ3) is 3.77. The fourth-order valence-corrected chi connectivity index (χ4v) is 2.91. The minimum absolute atomic E-state index is 0.0130. The molecule has 0 bridgehead atoms. The number of rotatable bonds is 4. The van der Waals surface area contributed by atoms with Crippen LogP contribution in [0.2, 0.25) is 0 Å². The Morgan fingerprint density at radius 3 is 2.74 bits per heavy atom. The number of para-hydroxylation sites is 2. The van der Waals surface area contributed by atoms with Gasteiger partial charge in [0.15, 0.2) is 0 Å². The number of hydrogen-bond acceptors (Lipinski definition) is 4. The van der Waals surface area contributed by atoms with E-state index in [2.05, 4.69) is 15.6 Å². The summed E-state index contributed by atoms with van der Waals surface area (Å²) in [4.78, 5) is 25.9. The van der Waals surface area contributed by atoms with Crippen molar-refractivity contribution in [1.82, 2.24) is 15.0 Å². The SMILES string of the molecule is O=C1CN(C(=O)/C=C/c2cn(Cc3ccccc3)nn2)c2ccccc2N1. The van der Waals surface area contributed by atoms with Crippen molar-refractivity contribution in [3.05, 3.63) is 78.1 Å². The molecule has 0 saturated heterocycles. The Morgan fingerprint density at radius 1 is 1.11 bits per heavy atom. The lowest BCUT2D eigenvalue weighted by Crippen LogP contribution is -2.41. The number of benzene rings is 2. The lowest BCUT2D eigenvalue weighted by Gasteiger charge is -2.28. The van der Waals surface area contributed by atoms with Gasteiger partial charge in [-0.25, -0.2) is 4.68 Å². The van der Waals surface area contributed by atoms with Gasteiger partial charge in [-0.05, 0) is 23.8 Å². The van der Waals surface area contributed by atoms with Crippen LogP contribution in [0.5, 0.6) is 0 Å². The zero-order chi connectivity index (χ0) is 18.6. The van der Waals surface area contributed by atoms with E-state index in [0.29, 0.717) is 23.6 Å². The lowest BCUT2D eigenvalue weighted by atomic mass is 10.2. The van der Waals surface area contributed by atoms with Gasteiger partial charge in [-0.3, -0.25) is 14.5 Å². The Morgan fingerprint density at radius 2 is 1.89 bits per heavy atom. The van der Waals surface area contributed by atoms with E-state index in [1.165, 1.54) is 11.0 Å². The van der Waals surface area contributed by atoms with Crippen molar-refractivity contribution in [2.24, 2.45) is 0 Å². The van der Waals surface area contributed by atoms with E-state index in [1.54, 1.807) is 29.1 Å². The molecule has 1 aliphatic rings. The number of anilines is 2. The van der Waals surface area contributed by atoms with Gasteiger partial charge in [-0.15, -0.1) is 5.10 Å². The van der Waals surface area contributed by atoms with Crippen molar-refractivity contribution in [3.63, 3.8) is 0 Å². The molecular weight excluding hydrogens is 342 g/mol. The number of carbonyl (C=O) groups excluding carboxylic acids is 2. The molecule has 0 aliphatic carbocycles. The van der Waals surface area contributed by atoms with Crippen LogP contribution in [-0.4, -0.2) is 33.4 Å². The standard InChI is InChI=1S/C20H17N5O2/c26-19-14-25(18-9-5-4-8-17(18)21-19)20(27)11-10-16-13-24(23-22-16)12-15-6-2-1-3-7-15/h1-11,13H,12,14H2,(H,21,26)/b11-10+. The summed E-state index contributed by atoms with van der Waals surface area (Å²) < 4.78 is 1.71. The molecule has 0 spiro atoms. The van der Waals surface area contributed by atoms with Crippen molar-refractivity contribution in [3.8, 4) is 0 Å². The number of aromatic nitrogens is 3. The van der Waals surface area contributed by atoms with Crippen molar-refractivity contribution in [2.45, 2.75) is 6.54 Å². The number of nitrogens with zero attached hydrogens (tertiary/aromatic N) is 4. The topological polar surface area (TPSA) is 80.1 Å². The highest BCUT2D eigenvalue weighted by Gasteiger charge is 2.25. The maximum Gasteiger partial charge on any atom is 0.251 e. The molecule has 1 aromatic heterocycles. The summed E-state index contributed by atoms with van der Waals surface area (Å²) in [6, 6.07) is 17.1. The second-order valence-electron chi connectivity index (χ2n) is 6.15. The van der Waals surface area contributed by atoms with Gasteiger partial charge in [0.25, 0.3) is 5.91 Å². The van der Waals surface area contributed by atoms with Crippen LogP contribution in [0.4, 0.5) is 11.4 Å². The van der Waals surface area contributed by atoms with E-state index < -0.39 is 0 Å². The molecule has 7 nitrogen and oxygen atoms in total. The van der Waals surface area contributed by atoms with Gasteiger partial charge in [0.05, 0.1) is 24.1 Å². The van der Waals surface area contributed by atoms with Crippen LogP contribution >= 0.6 is 0 Å². The van der Waals surface area contributed by atoms with Crippen LogP contribution in [0.3, 0.4) is 0 Å². The highest BCUT2D eigenvalue weighted by molar-refractivity contribution is 6.13. The van der Waals surface area contributed by atoms with Gasteiger partial charge < -0.3 is 5.32 Å². The normalized spacial score (nSPS) is 13.5. The van der Waals surface area contributed by atoms with Crippen LogP contribution in [0, 0.1) is 0 Å².